The molecule has 0 unspecified atom stereocenters. The number of nitrogens with zero attached hydrogens (tertiary/aromatic N) is 3. The second-order valence-electron chi connectivity index (χ2n) is 3.75. The average molecular weight is 243 g/mol. The summed E-state index contributed by atoms with van der Waals surface area (Å²) in [6.07, 6.45) is 0.457. The normalized spacial score (nSPS) is 9.00. The van der Waals surface area contributed by atoms with Crippen LogP contribution in [0.5, 0.6) is 5.75 Å². The third kappa shape index (κ3) is 3.55. The van der Waals surface area contributed by atoms with Crippen LogP contribution in [0.3, 0.4) is 0 Å². The number of Topliss-reactive ketones (excluding diaryl/α,β-unsaturated/α-hetero) is 1. The number of aromatic hydroxyl groups is 1. The molecule has 5 nitrogen and oxygen atoms in total. The number of carbonyl (C=O) groups is 1. The Kier molecular flexibility index (Phi) is 4.79. The minimum atomic E-state index is -0.182. The zero-order valence-electron chi connectivity index (χ0n) is 10.3. The molecule has 0 aliphatic carbocycles. The number of rotatable bonds is 3. The van der Waals surface area contributed by atoms with E-state index in [0.29, 0.717) is 24.1 Å². The molecule has 92 valence electrons. The zero-order chi connectivity index (χ0) is 13.5. The van der Waals surface area contributed by atoms with Gasteiger partial charge in [0.25, 0.3) is 0 Å². The van der Waals surface area contributed by atoms with E-state index in [9.17, 15) is 9.90 Å². The minimum absolute atomic E-state index is 0.0626. The van der Waals surface area contributed by atoms with Crippen LogP contribution in [0.1, 0.15) is 34.8 Å². The Balaban J connectivity index is 2.94. The van der Waals surface area contributed by atoms with Crippen LogP contribution >= 0.6 is 0 Å². The summed E-state index contributed by atoms with van der Waals surface area (Å²) in [5.74, 6) is 5.47. The number of phenols is 1. The molecule has 0 fully saturated rings. The van der Waals surface area contributed by atoms with Crippen molar-refractivity contribution in [2.24, 2.45) is 5.11 Å². The number of azide groups is 1. The second kappa shape index (κ2) is 6.33. The summed E-state index contributed by atoms with van der Waals surface area (Å²) in [7, 11) is 0. The standard InChI is InChI=1S/C13H13N3O2/c1-9-7-12(10(2)17)13(18)8-11(9)5-3-4-6-15-16-14/h7-8,18H,4,6H2,1-2H3. The first-order chi connectivity index (χ1) is 8.56. The first-order valence-corrected chi connectivity index (χ1v) is 5.40. The Morgan fingerprint density at radius 1 is 1.56 bits per heavy atom. The highest BCUT2D eigenvalue weighted by atomic mass is 16.3. The molecule has 0 radical (unpaired) electrons. The minimum Gasteiger partial charge on any atom is -0.507 e. The van der Waals surface area contributed by atoms with Gasteiger partial charge in [-0.2, -0.15) is 0 Å². The van der Waals surface area contributed by atoms with Gasteiger partial charge in [0.2, 0.25) is 0 Å². The lowest BCUT2D eigenvalue weighted by atomic mass is 10.0. The highest BCUT2D eigenvalue weighted by molar-refractivity contribution is 5.97. The summed E-state index contributed by atoms with van der Waals surface area (Å²) in [4.78, 5) is 13.8. The third-order valence-electron chi connectivity index (χ3n) is 2.35. The molecule has 18 heavy (non-hydrogen) atoms. The molecule has 0 aliphatic rings. The molecule has 0 amide bonds. The lowest BCUT2D eigenvalue weighted by molar-refractivity contribution is 0.101. The van der Waals surface area contributed by atoms with Gasteiger partial charge >= 0.3 is 0 Å². The summed E-state index contributed by atoms with van der Waals surface area (Å²) < 4.78 is 0. The topological polar surface area (TPSA) is 86.1 Å². The number of hydrogen-bond donors (Lipinski definition) is 1. The maximum Gasteiger partial charge on any atom is 0.163 e. The van der Waals surface area contributed by atoms with Crippen molar-refractivity contribution in [1.29, 1.82) is 0 Å². The molecule has 0 heterocycles. The van der Waals surface area contributed by atoms with Crippen molar-refractivity contribution in [3.63, 3.8) is 0 Å². The molecule has 0 bridgehead atoms. The highest BCUT2D eigenvalue weighted by Crippen LogP contribution is 2.22. The maximum atomic E-state index is 11.2. The van der Waals surface area contributed by atoms with Gasteiger partial charge in [0, 0.05) is 23.4 Å². The fraction of sp³-hybridized carbons (Fsp3) is 0.308. The molecule has 0 saturated carbocycles. The number of benzene rings is 1. The van der Waals surface area contributed by atoms with E-state index in [2.05, 4.69) is 21.9 Å². The summed E-state index contributed by atoms with van der Waals surface area (Å²) in [6.45, 7) is 3.54. The van der Waals surface area contributed by atoms with Gasteiger partial charge in [-0.3, -0.25) is 4.79 Å². The van der Waals surface area contributed by atoms with Crippen LogP contribution in [0.4, 0.5) is 0 Å². The first kappa shape index (κ1) is 13.6. The van der Waals surface area contributed by atoms with E-state index in [0.717, 1.165) is 5.56 Å². The van der Waals surface area contributed by atoms with E-state index in [1.165, 1.54) is 13.0 Å². The molecule has 0 spiro atoms. The summed E-state index contributed by atoms with van der Waals surface area (Å²) >= 11 is 0. The zero-order valence-corrected chi connectivity index (χ0v) is 10.3. The van der Waals surface area contributed by atoms with Crippen molar-refractivity contribution >= 4 is 5.78 Å². The van der Waals surface area contributed by atoms with Gasteiger partial charge in [0.05, 0.1) is 5.56 Å². The van der Waals surface area contributed by atoms with Gasteiger partial charge in [-0.05, 0) is 37.1 Å². The van der Waals surface area contributed by atoms with E-state index in [4.69, 9.17) is 5.53 Å². The maximum absolute atomic E-state index is 11.2. The number of carbonyl (C=O) groups excluding carboxylic acids is 1. The fourth-order valence-electron chi connectivity index (χ4n) is 1.42. The molecule has 1 rings (SSSR count). The van der Waals surface area contributed by atoms with Crippen molar-refractivity contribution in [2.45, 2.75) is 20.3 Å². The molecule has 0 atom stereocenters. The molecule has 1 N–H and O–H groups in total. The average Bonchev–Trinajstić information content (AvgIpc) is 2.32. The smallest absolute Gasteiger partial charge is 0.163 e. The van der Waals surface area contributed by atoms with E-state index >= 15 is 0 Å². The Morgan fingerprint density at radius 3 is 2.89 bits per heavy atom. The monoisotopic (exact) mass is 243 g/mol. The van der Waals surface area contributed by atoms with Crippen molar-refractivity contribution < 1.29 is 9.90 Å². The van der Waals surface area contributed by atoms with Gasteiger partial charge in [-0.15, -0.1) is 0 Å². The molecule has 0 aliphatic heterocycles. The van der Waals surface area contributed by atoms with Gasteiger partial charge in [0.1, 0.15) is 5.75 Å². The number of phenolic OH excluding ortho intramolecular Hbond substituents is 1. The predicted octanol–water partition coefficient (Wildman–Crippen LogP) is 2.96. The van der Waals surface area contributed by atoms with E-state index in [1.54, 1.807) is 6.07 Å². The number of aryl methyl sites for hydroxylation is 1. The van der Waals surface area contributed by atoms with Crippen molar-refractivity contribution in [2.75, 3.05) is 6.54 Å². The van der Waals surface area contributed by atoms with Crippen molar-refractivity contribution in [3.8, 4) is 17.6 Å². The third-order valence-corrected chi connectivity index (χ3v) is 2.35. The fourth-order valence-corrected chi connectivity index (χ4v) is 1.42. The molecule has 1 aromatic rings. The van der Waals surface area contributed by atoms with Crippen LogP contribution in [0.25, 0.3) is 10.4 Å². The van der Waals surface area contributed by atoms with Crippen LogP contribution in [0.2, 0.25) is 0 Å². The lowest BCUT2D eigenvalue weighted by Gasteiger charge is -2.04. The molecule has 0 saturated heterocycles. The van der Waals surface area contributed by atoms with E-state index in [-0.39, 0.29) is 11.5 Å². The summed E-state index contributed by atoms with van der Waals surface area (Å²) in [5.41, 5.74) is 9.88. The number of ketones is 1. The van der Waals surface area contributed by atoms with Gasteiger partial charge < -0.3 is 5.11 Å². The molecule has 5 heteroatoms. The Bertz CT molecular complexity index is 576. The Morgan fingerprint density at radius 2 is 2.28 bits per heavy atom. The van der Waals surface area contributed by atoms with Gasteiger partial charge in [-0.1, -0.05) is 17.0 Å². The largest absolute Gasteiger partial charge is 0.507 e. The molecular weight excluding hydrogens is 230 g/mol. The SMILES string of the molecule is CC(=O)c1cc(C)c(C#CCCN=[N+]=[N-])cc1O. The van der Waals surface area contributed by atoms with E-state index in [1.807, 2.05) is 6.92 Å². The summed E-state index contributed by atoms with van der Waals surface area (Å²) in [6, 6.07) is 3.10. The molecular formula is C13H13N3O2. The molecule has 1 aromatic carbocycles. The van der Waals surface area contributed by atoms with Crippen LogP contribution in [-0.4, -0.2) is 17.4 Å². The first-order valence-electron chi connectivity index (χ1n) is 5.40. The summed E-state index contributed by atoms with van der Waals surface area (Å²) in [5, 5.41) is 13.0. The van der Waals surface area contributed by atoms with Crippen LogP contribution < -0.4 is 0 Å². The van der Waals surface area contributed by atoms with Crippen molar-refractivity contribution in [1.82, 2.24) is 0 Å². The quantitative estimate of drug-likeness (QED) is 0.221. The lowest BCUT2D eigenvalue weighted by Crippen LogP contribution is -1.95. The predicted molar refractivity (Wildman–Crippen MR) is 68.4 cm³/mol. The van der Waals surface area contributed by atoms with Crippen molar-refractivity contribution in [3.05, 3.63) is 39.3 Å². The van der Waals surface area contributed by atoms with Crippen LogP contribution in [0.15, 0.2) is 17.2 Å². The number of hydrogen-bond acceptors (Lipinski definition) is 3. The van der Waals surface area contributed by atoms with Crippen LogP contribution in [-0.2, 0) is 0 Å². The Labute approximate surface area is 105 Å². The van der Waals surface area contributed by atoms with Crippen LogP contribution in [0, 0.1) is 18.8 Å². The molecule has 0 aromatic heterocycles. The van der Waals surface area contributed by atoms with Gasteiger partial charge in [-0.25, -0.2) is 0 Å². The van der Waals surface area contributed by atoms with Gasteiger partial charge in [0.15, 0.2) is 5.78 Å². The Hall–Kier alpha value is -2.44. The highest BCUT2D eigenvalue weighted by Gasteiger charge is 2.08. The van der Waals surface area contributed by atoms with E-state index < -0.39 is 0 Å². The second-order valence-corrected chi connectivity index (χ2v) is 3.75.